The summed E-state index contributed by atoms with van der Waals surface area (Å²) in [6.45, 7) is 2.60. The Labute approximate surface area is 132 Å². The number of hydrazine groups is 1. The molecule has 2 rings (SSSR count). The number of amides is 1. The first-order valence-electron chi connectivity index (χ1n) is 7.31. The second kappa shape index (κ2) is 7.29. The van der Waals surface area contributed by atoms with Crippen LogP contribution in [0.25, 0.3) is 0 Å². The molecule has 0 aromatic heterocycles. The zero-order chi connectivity index (χ0) is 17.0. The van der Waals surface area contributed by atoms with Crippen LogP contribution in [0.2, 0.25) is 0 Å². The Hall–Kier alpha value is -1.64. The molecule has 23 heavy (non-hydrogen) atoms. The molecule has 1 aromatic rings. The van der Waals surface area contributed by atoms with E-state index in [4.69, 9.17) is 0 Å². The Morgan fingerprint density at radius 3 is 2.39 bits per heavy atom. The summed E-state index contributed by atoms with van der Waals surface area (Å²) in [6, 6.07) is 6.54. The van der Waals surface area contributed by atoms with Crippen molar-refractivity contribution in [3.63, 3.8) is 0 Å². The number of benzene rings is 1. The van der Waals surface area contributed by atoms with E-state index in [9.17, 15) is 18.0 Å². The highest BCUT2D eigenvalue weighted by Crippen LogP contribution is 2.16. The Morgan fingerprint density at radius 2 is 1.87 bits per heavy atom. The van der Waals surface area contributed by atoms with Crippen LogP contribution in [0.5, 0.6) is 0 Å². The fourth-order valence-corrected chi connectivity index (χ4v) is 2.20. The normalized spacial score (nSPS) is 24.7. The van der Waals surface area contributed by atoms with Crippen LogP contribution in [0.15, 0.2) is 24.3 Å². The second-order valence-electron chi connectivity index (χ2n) is 5.69. The summed E-state index contributed by atoms with van der Waals surface area (Å²) in [5, 5.41) is 2.87. The van der Waals surface area contributed by atoms with E-state index in [0.29, 0.717) is 11.1 Å². The number of rotatable bonds is 5. The molecule has 0 spiro atoms. The number of nitrogens with one attached hydrogen (secondary N) is 3. The fourth-order valence-electron chi connectivity index (χ4n) is 2.20. The summed E-state index contributed by atoms with van der Waals surface area (Å²) < 4.78 is 40.6. The molecule has 3 unspecified atom stereocenters. The molecule has 8 heteroatoms. The van der Waals surface area contributed by atoms with Gasteiger partial charge in [-0.15, -0.1) is 0 Å². The predicted octanol–water partition coefficient (Wildman–Crippen LogP) is 1.95. The molecule has 1 saturated heterocycles. The lowest BCUT2D eigenvalue weighted by Gasteiger charge is -2.18. The second-order valence-corrected chi connectivity index (χ2v) is 5.69. The van der Waals surface area contributed by atoms with E-state index in [0.717, 1.165) is 0 Å². The average Bonchev–Trinajstić information content (AvgIpc) is 2.78. The van der Waals surface area contributed by atoms with Gasteiger partial charge in [-0.1, -0.05) is 19.1 Å². The van der Waals surface area contributed by atoms with Crippen molar-refractivity contribution in [1.82, 2.24) is 16.2 Å². The van der Waals surface area contributed by atoms with Gasteiger partial charge in [0.05, 0.1) is 12.8 Å². The van der Waals surface area contributed by atoms with Crippen molar-refractivity contribution in [2.24, 2.45) is 5.92 Å². The topological polar surface area (TPSA) is 62.4 Å². The van der Waals surface area contributed by atoms with Crippen molar-refractivity contribution >= 4 is 5.91 Å². The van der Waals surface area contributed by atoms with Gasteiger partial charge in [-0.25, -0.2) is 5.43 Å². The molecule has 0 bridgehead atoms. The number of carbonyl (C=O) groups excluding carboxylic acids is 1. The van der Waals surface area contributed by atoms with Crippen LogP contribution in [0.3, 0.4) is 0 Å². The highest BCUT2D eigenvalue weighted by atomic mass is 19.4. The molecule has 3 atom stereocenters. The quantitative estimate of drug-likeness (QED) is 0.772. The van der Waals surface area contributed by atoms with E-state index >= 15 is 0 Å². The molecule has 128 valence electrons. The SMILES string of the molecule is CC1NNC(NC(=O)c2ccc(COCC(F)(F)F)cc2)C1C. The Bertz CT molecular complexity index is 534. The third kappa shape index (κ3) is 5.19. The van der Waals surface area contributed by atoms with Crippen LogP contribution in [0, 0.1) is 5.92 Å². The van der Waals surface area contributed by atoms with Gasteiger partial charge in [0, 0.05) is 17.5 Å². The van der Waals surface area contributed by atoms with E-state index in [1.807, 2.05) is 13.8 Å². The number of ether oxygens (including phenoxy) is 1. The zero-order valence-corrected chi connectivity index (χ0v) is 12.9. The maximum atomic E-state index is 12.2. The predicted molar refractivity (Wildman–Crippen MR) is 78.3 cm³/mol. The Morgan fingerprint density at radius 1 is 1.22 bits per heavy atom. The van der Waals surface area contributed by atoms with Crippen molar-refractivity contribution in [1.29, 1.82) is 0 Å². The highest BCUT2D eigenvalue weighted by Gasteiger charge is 2.30. The minimum absolute atomic E-state index is 0.149. The molecule has 1 heterocycles. The van der Waals surface area contributed by atoms with Gasteiger partial charge in [-0.2, -0.15) is 13.2 Å². The maximum absolute atomic E-state index is 12.2. The molecular weight excluding hydrogens is 311 g/mol. The van der Waals surface area contributed by atoms with Crippen molar-refractivity contribution < 1.29 is 22.7 Å². The van der Waals surface area contributed by atoms with Gasteiger partial charge in [0.15, 0.2) is 0 Å². The highest BCUT2D eigenvalue weighted by molar-refractivity contribution is 5.94. The third-order valence-corrected chi connectivity index (χ3v) is 3.82. The molecular formula is C15H20F3N3O2. The molecule has 0 aliphatic carbocycles. The number of alkyl halides is 3. The van der Waals surface area contributed by atoms with E-state index in [1.54, 1.807) is 24.3 Å². The van der Waals surface area contributed by atoms with Crippen molar-refractivity contribution in [2.45, 2.75) is 38.8 Å². The summed E-state index contributed by atoms with van der Waals surface area (Å²) in [7, 11) is 0. The van der Waals surface area contributed by atoms with E-state index in [-0.39, 0.29) is 30.6 Å². The summed E-state index contributed by atoms with van der Waals surface area (Å²) in [5.74, 6) is -0.0120. The van der Waals surface area contributed by atoms with E-state index < -0.39 is 12.8 Å². The van der Waals surface area contributed by atoms with Gasteiger partial charge in [0.1, 0.15) is 6.61 Å². The van der Waals surface area contributed by atoms with Crippen LogP contribution in [-0.4, -0.2) is 30.9 Å². The number of hydrogen-bond acceptors (Lipinski definition) is 4. The maximum Gasteiger partial charge on any atom is 0.411 e. The molecule has 0 radical (unpaired) electrons. The van der Waals surface area contributed by atoms with Gasteiger partial charge >= 0.3 is 6.18 Å². The van der Waals surface area contributed by atoms with Gasteiger partial charge < -0.3 is 10.1 Å². The summed E-state index contributed by atoms with van der Waals surface area (Å²) in [5.41, 5.74) is 7.07. The molecule has 1 amide bonds. The molecule has 1 fully saturated rings. The van der Waals surface area contributed by atoms with Crippen molar-refractivity contribution in [2.75, 3.05) is 6.61 Å². The van der Waals surface area contributed by atoms with Crippen LogP contribution < -0.4 is 16.2 Å². The lowest BCUT2D eigenvalue weighted by Crippen LogP contribution is -2.46. The molecule has 1 aromatic carbocycles. The largest absolute Gasteiger partial charge is 0.411 e. The van der Waals surface area contributed by atoms with Gasteiger partial charge in [0.2, 0.25) is 0 Å². The molecule has 0 saturated carbocycles. The molecule has 3 N–H and O–H groups in total. The van der Waals surface area contributed by atoms with Gasteiger partial charge in [0.25, 0.3) is 5.91 Å². The number of hydrogen-bond donors (Lipinski definition) is 3. The Kier molecular flexibility index (Phi) is 5.61. The van der Waals surface area contributed by atoms with E-state index in [2.05, 4.69) is 20.9 Å². The average molecular weight is 331 g/mol. The summed E-state index contributed by atoms with van der Waals surface area (Å²) >= 11 is 0. The first-order valence-corrected chi connectivity index (χ1v) is 7.31. The van der Waals surface area contributed by atoms with Crippen molar-refractivity contribution in [3.05, 3.63) is 35.4 Å². The van der Waals surface area contributed by atoms with Crippen LogP contribution in [0.4, 0.5) is 13.2 Å². The molecule has 1 aliphatic heterocycles. The van der Waals surface area contributed by atoms with Crippen molar-refractivity contribution in [3.8, 4) is 0 Å². The standard InChI is InChI=1S/C15H20F3N3O2/c1-9-10(2)20-21-13(9)19-14(22)12-5-3-11(4-6-12)7-23-8-15(16,17)18/h3-6,9-10,13,20-21H,7-8H2,1-2H3,(H,19,22). The monoisotopic (exact) mass is 331 g/mol. The smallest absolute Gasteiger partial charge is 0.367 e. The van der Waals surface area contributed by atoms with E-state index in [1.165, 1.54) is 0 Å². The third-order valence-electron chi connectivity index (χ3n) is 3.82. The number of carbonyl (C=O) groups is 1. The van der Waals surface area contributed by atoms with Crippen LogP contribution in [-0.2, 0) is 11.3 Å². The van der Waals surface area contributed by atoms with Gasteiger partial charge in [-0.05, 0) is 24.6 Å². The lowest BCUT2D eigenvalue weighted by atomic mass is 10.0. The fraction of sp³-hybridized carbons (Fsp3) is 0.533. The minimum Gasteiger partial charge on any atom is -0.367 e. The minimum atomic E-state index is -4.34. The van der Waals surface area contributed by atoms with Crippen LogP contribution in [0.1, 0.15) is 29.8 Å². The first kappa shape index (κ1) is 17.7. The molecule has 5 nitrogen and oxygen atoms in total. The first-order chi connectivity index (χ1) is 10.8. The number of halogens is 3. The zero-order valence-electron chi connectivity index (χ0n) is 12.9. The summed E-state index contributed by atoms with van der Waals surface area (Å²) in [4.78, 5) is 12.2. The molecule has 1 aliphatic rings. The summed E-state index contributed by atoms with van der Waals surface area (Å²) in [6.07, 6.45) is -4.51. The lowest BCUT2D eigenvalue weighted by molar-refractivity contribution is -0.176. The van der Waals surface area contributed by atoms with Crippen LogP contribution >= 0.6 is 0 Å². The van der Waals surface area contributed by atoms with Gasteiger partial charge in [-0.3, -0.25) is 10.2 Å². The Balaban J connectivity index is 1.85.